The molecular formula is C15H18ClNO. The normalized spacial score (nSPS) is 28.8. The van der Waals surface area contributed by atoms with Crippen LogP contribution in [0.2, 0.25) is 0 Å². The highest BCUT2D eigenvalue weighted by Gasteiger charge is 2.56. The third-order valence-electron chi connectivity index (χ3n) is 4.31. The van der Waals surface area contributed by atoms with E-state index in [9.17, 15) is 4.79 Å². The van der Waals surface area contributed by atoms with Crippen LogP contribution in [0.3, 0.4) is 0 Å². The van der Waals surface area contributed by atoms with Crippen molar-refractivity contribution in [1.82, 2.24) is 0 Å². The number of fused-ring (bicyclic) bond motifs is 1. The predicted octanol–water partition coefficient (Wildman–Crippen LogP) is 3.45. The zero-order valence-electron chi connectivity index (χ0n) is 10.4. The highest BCUT2D eigenvalue weighted by atomic mass is 35.5. The average Bonchev–Trinajstić information content (AvgIpc) is 2.86. The second kappa shape index (κ2) is 4.93. The number of aryl methyl sites for hydroxylation is 1. The van der Waals surface area contributed by atoms with Gasteiger partial charge in [-0.3, -0.25) is 4.79 Å². The van der Waals surface area contributed by atoms with Crippen molar-refractivity contribution >= 4 is 23.2 Å². The van der Waals surface area contributed by atoms with Crippen molar-refractivity contribution in [2.24, 2.45) is 17.8 Å². The summed E-state index contributed by atoms with van der Waals surface area (Å²) in [5.74, 6) is 2.51. The Labute approximate surface area is 113 Å². The lowest BCUT2D eigenvalue weighted by Gasteiger charge is -2.07. The summed E-state index contributed by atoms with van der Waals surface area (Å²) in [5, 5.41) is 3.03. The Morgan fingerprint density at radius 2 is 1.89 bits per heavy atom. The Balaban J connectivity index is 1.57. The second-order valence-electron chi connectivity index (χ2n) is 5.41. The summed E-state index contributed by atoms with van der Waals surface area (Å²) in [6.45, 7) is 0. The van der Waals surface area contributed by atoms with Gasteiger partial charge in [-0.1, -0.05) is 18.6 Å². The first-order chi connectivity index (χ1) is 8.79. The van der Waals surface area contributed by atoms with Gasteiger partial charge in [-0.25, -0.2) is 0 Å². The van der Waals surface area contributed by atoms with Gasteiger partial charge in [-0.15, -0.1) is 11.6 Å². The highest BCUT2D eigenvalue weighted by Crippen LogP contribution is 2.57. The first kappa shape index (κ1) is 12.0. The maximum atomic E-state index is 12.1. The standard InChI is InChI=1S/C15H18ClNO/c16-9-8-10-4-6-11(7-5-10)17-15(18)14-12-2-1-3-13(12)14/h4-7,12-14H,1-3,8-9H2,(H,17,18). The van der Waals surface area contributed by atoms with Gasteiger partial charge in [0, 0.05) is 17.5 Å². The number of carbonyl (C=O) groups is 1. The molecule has 1 N–H and O–H groups in total. The molecule has 96 valence electrons. The molecule has 0 heterocycles. The molecule has 0 bridgehead atoms. The molecular weight excluding hydrogens is 246 g/mol. The molecule has 0 spiro atoms. The number of rotatable bonds is 4. The number of hydrogen-bond donors (Lipinski definition) is 1. The van der Waals surface area contributed by atoms with Gasteiger partial charge in [0.25, 0.3) is 0 Å². The van der Waals surface area contributed by atoms with Crippen molar-refractivity contribution in [2.75, 3.05) is 11.2 Å². The number of nitrogens with one attached hydrogen (secondary N) is 1. The van der Waals surface area contributed by atoms with E-state index >= 15 is 0 Å². The van der Waals surface area contributed by atoms with Crippen LogP contribution in [0.25, 0.3) is 0 Å². The van der Waals surface area contributed by atoms with Gasteiger partial charge in [0.1, 0.15) is 0 Å². The van der Waals surface area contributed by atoms with Crippen LogP contribution >= 0.6 is 11.6 Å². The zero-order chi connectivity index (χ0) is 12.5. The van der Waals surface area contributed by atoms with E-state index in [1.807, 2.05) is 24.3 Å². The van der Waals surface area contributed by atoms with E-state index in [4.69, 9.17) is 11.6 Å². The third kappa shape index (κ3) is 2.26. The molecule has 1 aromatic rings. The van der Waals surface area contributed by atoms with Crippen molar-refractivity contribution < 1.29 is 4.79 Å². The lowest BCUT2D eigenvalue weighted by Crippen LogP contribution is -2.16. The third-order valence-corrected chi connectivity index (χ3v) is 4.50. The van der Waals surface area contributed by atoms with E-state index in [0.717, 1.165) is 12.1 Å². The minimum Gasteiger partial charge on any atom is -0.326 e. The van der Waals surface area contributed by atoms with Crippen molar-refractivity contribution in [3.8, 4) is 0 Å². The van der Waals surface area contributed by atoms with Crippen LogP contribution in [-0.2, 0) is 11.2 Å². The lowest BCUT2D eigenvalue weighted by molar-refractivity contribution is -0.118. The van der Waals surface area contributed by atoms with E-state index in [2.05, 4.69) is 5.32 Å². The Morgan fingerprint density at radius 1 is 1.22 bits per heavy atom. The molecule has 2 atom stereocenters. The summed E-state index contributed by atoms with van der Waals surface area (Å²) in [6, 6.07) is 8.01. The van der Waals surface area contributed by atoms with Crippen molar-refractivity contribution in [3.63, 3.8) is 0 Å². The average molecular weight is 264 g/mol. The van der Waals surface area contributed by atoms with Crippen molar-refractivity contribution in [2.45, 2.75) is 25.7 Å². The van der Waals surface area contributed by atoms with Gasteiger partial charge >= 0.3 is 0 Å². The van der Waals surface area contributed by atoms with Crippen LogP contribution in [0.1, 0.15) is 24.8 Å². The molecule has 2 unspecified atom stereocenters. The maximum absolute atomic E-state index is 12.1. The lowest BCUT2D eigenvalue weighted by atomic mass is 10.1. The van der Waals surface area contributed by atoms with E-state index in [0.29, 0.717) is 23.6 Å². The topological polar surface area (TPSA) is 29.1 Å². The molecule has 18 heavy (non-hydrogen) atoms. The SMILES string of the molecule is O=C(Nc1ccc(CCCl)cc1)C1C2CCCC21. The van der Waals surface area contributed by atoms with Gasteiger partial charge in [0.15, 0.2) is 0 Å². The van der Waals surface area contributed by atoms with Gasteiger partial charge in [-0.2, -0.15) is 0 Å². The second-order valence-corrected chi connectivity index (χ2v) is 5.79. The fourth-order valence-electron chi connectivity index (χ4n) is 3.30. The fourth-order valence-corrected chi connectivity index (χ4v) is 3.52. The van der Waals surface area contributed by atoms with E-state index < -0.39 is 0 Å². The first-order valence-electron chi connectivity index (χ1n) is 6.75. The van der Waals surface area contributed by atoms with Gasteiger partial charge in [0.05, 0.1) is 0 Å². The minimum atomic E-state index is 0.217. The van der Waals surface area contributed by atoms with Crippen LogP contribution in [-0.4, -0.2) is 11.8 Å². The Kier molecular flexibility index (Phi) is 3.29. The molecule has 1 amide bonds. The number of alkyl halides is 1. The highest BCUT2D eigenvalue weighted by molar-refractivity contribution is 6.18. The molecule has 3 heteroatoms. The van der Waals surface area contributed by atoms with Crippen LogP contribution in [0.5, 0.6) is 0 Å². The number of hydrogen-bond acceptors (Lipinski definition) is 1. The zero-order valence-corrected chi connectivity index (χ0v) is 11.1. The van der Waals surface area contributed by atoms with Gasteiger partial charge < -0.3 is 5.32 Å². The summed E-state index contributed by atoms with van der Waals surface area (Å²) in [7, 11) is 0. The molecule has 2 saturated carbocycles. The molecule has 0 saturated heterocycles. The molecule has 0 aromatic heterocycles. The van der Waals surface area contributed by atoms with Crippen LogP contribution in [0.4, 0.5) is 5.69 Å². The Morgan fingerprint density at radius 3 is 2.50 bits per heavy atom. The number of anilines is 1. The predicted molar refractivity (Wildman–Crippen MR) is 73.8 cm³/mol. The van der Waals surface area contributed by atoms with Crippen molar-refractivity contribution in [3.05, 3.63) is 29.8 Å². The van der Waals surface area contributed by atoms with E-state index in [1.54, 1.807) is 0 Å². The van der Waals surface area contributed by atoms with Crippen LogP contribution < -0.4 is 5.32 Å². The molecule has 2 fully saturated rings. The fraction of sp³-hybridized carbons (Fsp3) is 0.533. The Bertz CT molecular complexity index is 432. The number of amides is 1. The minimum absolute atomic E-state index is 0.217. The number of carbonyl (C=O) groups excluding carboxylic acids is 1. The quantitative estimate of drug-likeness (QED) is 0.829. The smallest absolute Gasteiger partial charge is 0.228 e. The van der Waals surface area contributed by atoms with Crippen LogP contribution in [0, 0.1) is 17.8 Å². The number of benzene rings is 1. The molecule has 0 aliphatic heterocycles. The molecule has 3 rings (SSSR count). The largest absolute Gasteiger partial charge is 0.326 e. The van der Waals surface area contributed by atoms with Gasteiger partial charge in [0.2, 0.25) is 5.91 Å². The van der Waals surface area contributed by atoms with Gasteiger partial charge in [-0.05, 0) is 48.8 Å². The van der Waals surface area contributed by atoms with E-state index in [-0.39, 0.29) is 5.91 Å². The molecule has 1 aromatic carbocycles. The van der Waals surface area contributed by atoms with E-state index in [1.165, 1.54) is 24.8 Å². The number of halogens is 1. The molecule has 2 nitrogen and oxygen atoms in total. The summed E-state index contributed by atoms with van der Waals surface area (Å²) in [5.41, 5.74) is 2.12. The molecule has 2 aliphatic rings. The summed E-state index contributed by atoms with van der Waals surface area (Å²) in [6.07, 6.45) is 4.68. The maximum Gasteiger partial charge on any atom is 0.228 e. The first-order valence-corrected chi connectivity index (χ1v) is 7.29. The molecule has 2 aliphatic carbocycles. The Hall–Kier alpha value is -1.02. The summed E-state index contributed by atoms with van der Waals surface area (Å²) < 4.78 is 0. The summed E-state index contributed by atoms with van der Waals surface area (Å²) in [4.78, 5) is 12.1. The molecule has 0 radical (unpaired) electrons. The van der Waals surface area contributed by atoms with Crippen LogP contribution in [0.15, 0.2) is 24.3 Å². The monoisotopic (exact) mass is 263 g/mol. The summed E-state index contributed by atoms with van der Waals surface area (Å²) >= 11 is 5.69. The van der Waals surface area contributed by atoms with Crippen molar-refractivity contribution in [1.29, 1.82) is 0 Å².